The lowest BCUT2D eigenvalue weighted by atomic mass is 9.37. The lowest BCUT2D eigenvalue weighted by molar-refractivity contribution is 0.173. The first-order valence-corrected chi connectivity index (χ1v) is 17.0. The van der Waals surface area contributed by atoms with Crippen molar-refractivity contribution >= 4 is 79.6 Å². The Bertz CT molecular complexity index is 2480. The summed E-state index contributed by atoms with van der Waals surface area (Å²) >= 11 is 0. The van der Waals surface area contributed by atoms with Gasteiger partial charge in [-0.25, -0.2) is 0 Å². The SMILES string of the molecule is Cc1cc2c3c(c1)N(c1c(C)cc4c(c1C)OCO4)c1c(oc4ccccc14)B3c1oc3ccccc3c1N2c1c(C)cc2c(c1C)OCO2. The van der Waals surface area contributed by atoms with Gasteiger partial charge in [-0.3, -0.25) is 0 Å². The molecule has 0 unspecified atom stereocenters. The highest BCUT2D eigenvalue weighted by Gasteiger charge is 2.50. The summed E-state index contributed by atoms with van der Waals surface area (Å²) in [5.41, 5.74) is 16.0. The lowest BCUT2D eigenvalue weighted by Crippen LogP contribution is -2.60. The Kier molecular flexibility index (Phi) is 5.36. The predicted molar refractivity (Wildman–Crippen MR) is 196 cm³/mol. The summed E-state index contributed by atoms with van der Waals surface area (Å²) in [5.74, 6) is 3.09. The summed E-state index contributed by atoms with van der Waals surface area (Å²) in [5, 5.41) is 2.07. The zero-order valence-electron chi connectivity index (χ0n) is 28.3. The van der Waals surface area contributed by atoms with Crippen LogP contribution in [0.25, 0.3) is 21.9 Å². The minimum absolute atomic E-state index is 0.207. The fraction of sp³-hybridized carbons (Fsp3) is 0.171. The topological polar surface area (TPSA) is 69.7 Å². The van der Waals surface area contributed by atoms with Crippen LogP contribution in [0.15, 0.2) is 81.6 Å². The standard InChI is InChI=1S/C41H31BN2O6/c1-20-14-27-33-28(15-20)44(35-22(3)17-32-39(24(35)5)48-19-46-32)37-26-11-7-9-13-30(26)50-41(37)42(33)40-36(25-10-6-8-12-29(25)49-40)43(27)34-21(2)16-31-38(23(34)4)47-18-45-31/h6-17H,18-19H2,1-5H3. The molecule has 9 heteroatoms. The third kappa shape index (κ3) is 3.41. The minimum Gasteiger partial charge on any atom is -0.468 e. The van der Waals surface area contributed by atoms with E-state index in [1.165, 1.54) is 0 Å². The summed E-state index contributed by atoms with van der Waals surface area (Å²) in [6.07, 6.45) is 0. The quantitative estimate of drug-likeness (QED) is 0.172. The summed E-state index contributed by atoms with van der Waals surface area (Å²) in [7, 11) is 0. The molecule has 50 heavy (non-hydrogen) atoms. The van der Waals surface area contributed by atoms with E-state index in [2.05, 4.69) is 105 Å². The molecule has 6 heterocycles. The zero-order valence-corrected chi connectivity index (χ0v) is 28.3. The Hall–Kier alpha value is -5.96. The number of ether oxygens (including phenoxy) is 4. The van der Waals surface area contributed by atoms with Crippen LogP contribution in [0, 0.1) is 34.6 Å². The van der Waals surface area contributed by atoms with E-state index in [-0.39, 0.29) is 20.3 Å². The summed E-state index contributed by atoms with van der Waals surface area (Å²) in [6, 6.07) is 25.4. The van der Waals surface area contributed by atoms with Gasteiger partial charge in [-0.1, -0.05) is 24.3 Å². The number of anilines is 6. The molecule has 0 spiro atoms. The molecule has 0 fully saturated rings. The van der Waals surface area contributed by atoms with Crippen LogP contribution in [0.1, 0.15) is 27.8 Å². The van der Waals surface area contributed by atoms with Crippen LogP contribution in [-0.4, -0.2) is 20.3 Å². The largest absolute Gasteiger partial charge is 0.468 e. The van der Waals surface area contributed by atoms with E-state index < -0.39 is 0 Å². The molecule has 5 aromatic carbocycles. The molecule has 0 N–H and O–H groups in total. The van der Waals surface area contributed by atoms with Crippen LogP contribution in [0.5, 0.6) is 23.0 Å². The molecule has 0 amide bonds. The van der Waals surface area contributed by atoms with Crippen LogP contribution in [0.3, 0.4) is 0 Å². The normalized spacial score (nSPS) is 14.9. The van der Waals surface area contributed by atoms with Gasteiger partial charge in [0.05, 0.1) is 22.7 Å². The summed E-state index contributed by atoms with van der Waals surface area (Å²) < 4.78 is 37.8. The van der Waals surface area contributed by atoms with Crippen molar-refractivity contribution in [2.24, 2.45) is 0 Å². The smallest absolute Gasteiger partial charge is 0.342 e. The highest BCUT2D eigenvalue weighted by Crippen LogP contribution is 2.54. The number of furan rings is 2. The number of fused-ring (bicyclic) bond motifs is 10. The lowest BCUT2D eigenvalue weighted by Gasteiger charge is -2.42. The molecular weight excluding hydrogens is 627 g/mol. The van der Waals surface area contributed by atoms with Gasteiger partial charge in [-0.15, -0.1) is 0 Å². The number of nitrogens with zero attached hydrogens (tertiary/aromatic N) is 2. The molecule has 4 aliphatic heterocycles. The van der Waals surface area contributed by atoms with Crippen molar-refractivity contribution in [3.63, 3.8) is 0 Å². The van der Waals surface area contributed by atoms with Gasteiger partial charge in [-0.05, 0) is 105 Å². The van der Waals surface area contributed by atoms with E-state index in [1.807, 2.05) is 12.1 Å². The molecule has 8 nitrogen and oxygen atoms in total. The molecule has 0 radical (unpaired) electrons. The third-order valence-electron chi connectivity index (χ3n) is 10.8. The van der Waals surface area contributed by atoms with E-state index in [0.29, 0.717) is 0 Å². The fourth-order valence-corrected chi connectivity index (χ4v) is 8.87. The highest BCUT2D eigenvalue weighted by molar-refractivity contribution is 6.99. The van der Waals surface area contributed by atoms with Gasteiger partial charge in [0.15, 0.2) is 23.0 Å². The highest BCUT2D eigenvalue weighted by atomic mass is 16.7. The Morgan fingerprint density at radius 1 is 0.540 bits per heavy atom. The van der Waals surface area contributed by atoms with Crippen molar-refractivity contribution in [2.75, 3.05) is 23.4 Å². The molecule has 11 rings (SSSR count). The van der Waals surface area contributed by atoms with Gasteiger partial charge in [0.1, 0.15) is 22.5 Å². The Labute approximate surface area is 288 Å². The van der Waals surface area contributed by atoms with Crippen LogP contribution in [-0.2, 0) is 0 Å². The minimum atomic E-state index is -0.304. The van der Waals surface area contributed by atoms with Gasteiger partial charge < -0.3 is 37.6 Å². The van der Waals surface area contributed by atoms with Crippen molar-refractivity contribution in [3.05, 3.63) is 101 Å². The fourth-order valence-electron chi connectivity index (χ4n) is 8.87. The third-order valence-corrected chi connectivity index (χ3v) is 10.8. The van der Waals surface area contributed by atoms with E-state index in [1.54, 1.807) is 0 Å². The summed E-state index contributed by atoms with van der Waals surface area (Å²) in [6.45, 7) is 10.8. The number of benzene rings is 5. The van der Waals surface area contributed by atoms with Gasteiger partial charge in [0.2, 0.25) is 13.6 Å². The van der Waals surface area contributed by atoms with Crippen molar-refractivity contribution in [1.29, 1.82) is 0 Å². The Morgan fingerprint density at radius 2 is 1.00 bits per heavy atom. The monoisotopic (exact) mass is 658 g/mol. The molecule has 4 aliphatic rings. The molecule has 244 valence electrons. The van der Waals surface area contributed by atoms with E-state index in [4.69, 9.17) is 27.8 Å². The van der Waals surface area contributed by atoms with Crippen molar-refractivity contribution in [1.82, 2.24) is 0 Å². The van der Waals surface area contributed by atoms with Gasteiger partial charge in [-0.2, -0.15) is 0 Å². The summed E-state index contributed by atoms with van der Waals surface area (Å²) in [4.78, 5) is 4.78. The van der Waals surface area contributed by atoms with Crippen molar-refractivity contribution in [2.45, 2.75) is 34.6 Å². The number of hydrogen-bond donors (Lipinski definition) is 0. The van der Waals surface area contributed by atoms with E-state index in [9.17, 15) is 0 Å². The predicted octanol–water partition coefficient (Wildman–Crippen LogP) is 8.26. The molecule has 7 aromatic rings. The second-order valence-electron chi connectivity index (χ2n) is 13.7. The Morgan fingerprint density at radius 3 is 1.48 bits per heavy atom. The first kappa shape index (κ1) is 27.9. The first-order valence-electron chi connectivity index (χ1n) is 17.0. The Balaban J connectivity index is 1.30. The van der Waals surface area contributed by atoms with E-state index in [0.717, 1.165) is 124 Å². The maximum atomic E-state index is 6.98. The number of hydrogen-bond acceptors (Lipinski definition) is 8. The van der Waals surface area contributed by atoms with Gasteiger partial charge in [0, 0.05) is 33.3 Å². The molecule has 0 saturated heterocycles. The molecule has 0 aliphatic carbocycles. The average molecular weight is 659 g/mol. The number of aryl methyl sites for hydroxylation is 3. The first-order chi connectivity index (χ1) is 24.4. The van der Waals surface area contributed by atoms with E-state index >= 15 is 0 Å². The van der Waals surface area contributed by atoms with Crippen LogP contribution >= 0.6 is 0 Å². The van der Waals surface area contributed by atoms with Gasteiger partial charge in [0.25, 0.3) is 0 Å². The molecule has 0 atom stereocenters. The number of rotatable bonds is 2. The molecular formula is C41H31BN2O6. The zero-order chi connectivity index (χ0) is 33.6. The molecule has 2 aromatic heterocycles. The maximum Gasteiger partial charge on any atom is 0.342 e. The van der Waals surface area contributed by atoms with Crippen molar-refractivity contribution in [3.8, 4) is 23.0 Å². The van der Waals surface area contributed by atoms with Crippen LogP contribution in [0.2, 0.25) is 0 Å². The van der Waals surface area contributed by atoms with Gasteiger partial charge >= 0.3 is 6.71 Å². The average Bonchev–Trinajstić information content (AvgIpc) is 3.91. The second kappa shape index (κ2) is 9.60. The van der Waals surface area contributed by atoms with Crippen molar-refractivity contribution < 1.29 is 27.8 Å². The second-order valence-corrected chi connectivity index (χ2v) is 13.7. The number of para-hydroxylation sites is 2. The van der Waals surface area contributed by atoms with Crippen LogP contribution in [0.4, 0.5) is 34.1 Å². The maximum absolute atomic E-state index is 6.98. The molecule has 0 bridgehead atoms. The van der Waals surface area contributed by atoms with Crippen LogP contribution < -0.4 is 45.5 Å². The molecule has 0 saturated carbocycles.